The zero-order valence-corrected chi connectivity index (χ0v) is 13.9. The summed E-state index contributed by atoms with van der Waals surface area (Å²) in [7, 11) is -3.75. The lowest BCUT2D eigenvalue weighted by Gasteiger charge is -2.20. The predicted octanol–water partition coefficient (Wildman–Crippen LogP) is 3.38. The Bertz CT molecular complexity index is 508. The Hall–Kier alpha value is 0.0200. The van der Waals surface area contributed by atoms with Crippen LogP contribution in [0.1, 0.15) is 13.3 Å². The summed E-state index contributed by atoms with van der Waals surface area (Å²) < 4.78 is 40.0. The van der Waals surface area contributed by atoms with Crippen LogP contribution in [0.4, 0.5) is 4.39 Å². The maximum absolute atomic E-state index is 13.7. The summed E-state index contributed by atoms with van der Waals surface area (Å²) in [6.07, 6.45) is 0.686. The van der Waals surface area contributed by atoms with Crippen molar-refractivity contribution >= 4 is 41.9 Å². The van der Waals surface area contributed by atoms with Crippen molar-refractivity contribution in [3.63, 3.8) is 0 Å². The van der Waals surface area contributed by atoms with Gasteiger partial charge in [-0.25, -0.2) is 12.8 Å². The minimum absolute atomic E-state index is 0.276. The molecule has 0 amide bonds. The SMILES string of the molecule is CCN(CCCBr)S(=O)(=O)c1ccc(Br)cc1F. The summed E-state index contributed by atoms with van der Waals surface area (Å²) in [5, 5.41) is 0.710. The van der Waals surface area contributed by atoms with Crippen molar-refractivity contribution in [3.05, 3.63) is 28.5 Å². The molecule has 1 aromatic carbocycles. The fourth-order valence-electron chi connectivity index (χ4n) is 1.51. The van der Waals surface area contributed by atoms with Gasteiger partial charge in [0.2, 0.25) is 10.0 Å². The van der Waals surface area contributed by atoms with Gasteiger partial charge in [0.15, 0.2) is 0 Å². The van der Waals surface area contributed by atoms with Gasteiger partial charge in [0.1, 0.15) is 10.7 Å². The molecule has 0 aliphatic heterocycles. The third kappa shape index (κ3) is 3.76. The minimum Gasteiger partial charge on any atom is -0.207 e. The number of sulfonamides is 1. The van der Waals surface area contributed by atoms with Crippen molar-refractivity contribution in [2.45, 2.75) is 18.2 Å². The van der Waals surface area contributed by atoms with E-state index in [0.29, 0.717) is 29.3 Å². The fourth-order valence-corrected chi connectivity index (χ4v) is 3.62. The van der Waals surface area contributed by atoms with Gasteiger partial charge >= 0.3 is 0 Å². The zero-order chi connectivity index (χ0) is 13.8. The molecule has 0 saturated carbocycles. The maximum Gasteiger partial charge on any atom is 0.245 e. The van der Waals surface area contributed by atoms with Gasteiger partial charge < -0.3 is 0 Å². The highest BCUT2D eigenvalue weighted by atomic mass is 79.9. The van der Waals surface area contributed by atoms with Gasteiger partial charge in [0.05, 0.1) is 0 Å². The van der Waals surface area contributed by atoms with Crippen LogP contribution in [0.25, 0.3) is 0 Å². The van der Waals surface area contributed by atoms with E-state index < -0.39 is 15.8 Å². The summed E-state index contributed by atoms with van der Waals surface area (Å²) in [5.41, 5.74) is 0. The van der Waals surface area contributed by atoms with Crippen molar-refractivity contribution in [2.75, 3.05) is 18.4 Å². The second-order valence-corrected chi connectivity index (χ2v) is 7.23. The minimum atomic E-state index is -3.75. The standard InChI is InChI=1S/C11H14Br2FNO2S/c1-2-15(7-3-6-12)18(16,17)11-5-4-9(13)8-10(11)14/h4-5,8H,2-3,6-7H2,1H3. The number of nitrogens with zero attached hydrogens (tertiary/aromatic N) is 1. The molecule has 0 saturated heterocycles. The van der Waals surface area contributed by atoms with Crippen molar-refractivity contribution < 1.29 is 12.8 Å². The molecule has 1 rings (SSSR count). The lowest BCUT2D eigenvalue weighted by Crippen LogP contribution is -2.32. The second-order valence-electron chi connectivity index (χ2n) is 3.61. The Labute approximate surface area is 124 Å². The van der Waals surface area contributed by atoms with Gasteiger partial charge in [-0.2, -0.15) is 4.31 Å². The van der Waals surface area contributed by atoms with E-state index >= 15 is 0 Å². The second kappa shape index (κ2) is 6.98. The molecule has 0 fully saturated rings. The first-order valence-corrected chi connectivity index (χ1v) is 8.80. The van der Waals surface area contributed by atoms with Gasteiger partial charge in [-0.05, 0) is 24.6 Å². The quantitative estimate of drug-likeness (QED) is 0.684. The van der Waals surface area contributed by atoms with Crippen LogP contribution in [0.5, 0.6) is 0 Å². The normalized spacial score (nSPS) is 12.1. The van der Waals surface area contributed by atoms with Crippen LogP contribution >= 0.6 is 31.9 Å². The first-order chi connectivity index (χ1) is 8.43. The van der Waals surface area contributed by atoms with Crippen LogP contribution in [0, 0.1) is 5.82 Å². The molecular weight excluding hydrogens is 389 g/mol. The van der Waals surface area contributed by atoms with Gasteiger partial charge in [0.25, 0.3) is 0 Å². The molecule has 0 atom stereocenters. The molecule has 0 heterocycles. The summed E-state index contributed by atoms with van der Waals surface area (Å²) in [5.74, 6) is -0.735. The van der Waals surface area contributed by atoms with Crippen molar-refractivity contribution in [1.29, 1.82) is 0 Å². The topological polar surface area (TPSA) is 37.4 Å². The van der Waals surface area contributed by atoms with Gasteiger partial charge in [-0.1, -0.05) is 38.8 Å². The number of benzene rings is 1. The van der Waals surface area contributed by atoms with E-state index in [9.17, 15) is 12.8 Å². The number of alkyl halides is 1. The molecular formula is C11H14Br2FNO2S. The number of hydrogen-bond donors (Lipinski definition) is 0. The summed E-state index contributed by atoms with van der Waals surface area (Å²) in [4.78, 5) is -0.276. The Morgan fingerprint density at radius 1 is 1.39 bits per heavy atom. The third-order valence-corrected chi connectivity index (χ3v) is 5.47. The largest absolute Gasteiger partial charge is 0.245 e. The van der Waals surface area contributed by atoms with Crippen molar-refractivity contribution in [1.82, 2.24) is 4.31 Å². The average molecular weight is 403 g/mol. The molecule has 0 aliphatic rings. The summed E-state index contributed by atoms with van der Waals surface area (Å²) >= 11 is 6.36. The average Bonchev–Trinajstić information content (AvgIpc) is 2.29. The van der Waals surface area contributed by atoms with E-state index in [-0.39, 0.29) is 4.90 Å². The zero-order valence-electron chi connectivity index (χ0n) is 9.87. The molecule has 0 radical (unpaired) electrons. The number of halogens is 3. The molecule has 0 N–H and O–H groups in total. The molecule has 0 unspecified atom stereocenters. The van der Waals surface area contributed by atoms with E-state index in [1.807, 2.05) is 0 Å². The smallest absolute Gasteiger partial charge is 0.207 e. The molecule has 102 valence electrons. The molecule has 3 nitrogen and oxygen atoms in total. The number of hydrogen-bond acceptors (Lipinski definition) is 2. The molecule has 0 aliphatic carbocycles. The molecule has 1 aromatic rings. The Balaban J connectivity index is 3.10. The lowest BCUT2D eigenvalue weighted by molar-refractivity contribution is 0.424. The van der Waals surface area contributed by atoms with Gasteiger partial charge in [-0.3, -0.25) is 0 Å². The van der Waals surface area contributed by atoms with E-state index in [1.54, 1.807) is 6.92 Å². The van der Waals surface area contributed by atoms with E-state index in [2.05, 4.69) is 31.9 Å². The van der Waals surface area contributed by atoms with Crippen LogP contribution in [0.2, 0.25) is 0 Å². The fraction of sp³-hybridized carbons (Fsp3) is 0.455. The van der Waals surface area contributed by atoms with E-state index in [1.165, 1.54) is 16.4 Å². The molecule has 0 spiro atoms. The molecule has 7 heteroatoms. The summed E-state index contributed by atoms with van der Waals surface area (Å²) in [6, 6.07) is 3.96. The molecule has 0 aromatic heterocycles. The van der Waals surface area contributed by atoms with Crippen LogP contribution < -0.4 is 0 Å². The van der Waals surface area contributed by atoms with Crippen LogP contribution in [-0.2, 0) is 10.0 Å². The van der Waals surface area contributed by atoms with Gasteiger partial charge in [-0.15, -0.1) is 0 Å². The van der Waals surface area contributed by atoms with Crippen LogP contribution in [0.15, 0.2) is 27.6 Å². The van der Waals surface area contributed by atoms with E-state index in [4.69, 9.17) is 0 Å². The Morgan fingerprint density at radius 2 is 2.06 bits per heavy atom. The lowest BCUT2D eigenvalue weighted by atomic mass is 10.3. The first kappa shape index (κ1) is 16.1. The predicted molar refractivity (Wildman–Crippen MR) is 76.9 cm³/mol. The highest BCUT2D eigenvalue weighted by Gasteiger charge is 2.25. The maximum atomic E-state index is 13.7. The monoisotopic (exact) mass is 401 g/mol. The molecule has 0 bridgehead atoms. The van der Waals surface area contributed by atoms with Crippen molar-refractivity contribution in [3.8, 4) is 0 Å². The summed E-state index contributed by atoms with van der Waals surface area (Å²) in [6.45, 7) is 2.44. The highest BCUT2D eigenvalue weighted by molar-refractivity contribution is 9.10. The van der Waals surface area contributed by atoms with Crippen LogP contribution in [0.3, 0.4) is 0 Å². The van der Waals surface area contributed by atoms with E-state index in [0.717, 1.165) is 6.07 Å². The Kier molecular flexibility index (Phi) is 6.23. The Morgan fingerprint density at radius 3 is 2.56 bits per heavy atom. The van der Waals surface area contributed by atoms with Gasteiger partial charge in [0, 0.05) is 22.9 Å². The number of rotatable bonds is 6. The third-order valence-electron chi connectivity index (χ3n) is 2.41. The molecule has 18 heavy (non-hydrogen) atoms. The first-order valence-electron chi connectivity index (χ1n) is 5.44. The van der Waals surface area contributed by atoms with Crippen LogP contribution in [-0.4, -0.2) is 31.1 Å². The highest BCUT2D eigenvalue weighted by Crippen LogP contribution is 2.22. The van der Waals surface area contributed by atoms with Crippen molar-refractivity contribution in [2.24, 2.45) is 0 Å².